The summed E-state index contributed by atoms with van der Waals surface area (Å²) in [5, 5.41) is 8.35. The average molecular weight is 217 g/mol. The first-order valence-corrected chi connectivity index (χ1v) is 5.10. The molecular weight excluding hydrogens is 202 g/mol. The van der Waals surface area contributed by atoms with Crippen molar-refractivity contribution in [2.45, 2.75) is 20.8 Å². The van der Waals surface area contributed by atoms with E-state index in [2.05, 4.69) is 0 Å². The van der Waals surface area contributed by atoms with Gasteiger partial charge in [-0.1, -0.05) is 20.8 Å². The summed E-state index contributed by atoms with van der Waals surface area (Å²) in [6.07, 6.45) is 0. The number of ketones is 1. The number of nitrogens with zero attached hydrogens (tertiary/aromatic N) is 1. The summed E-state index contributed by atoms with van der Waals surface area (Å²) in [6.45, 7) is 5.67. The summed E-state index contributed by atoms with van der Waals surface area (Å²) in [6, 6.07) is 8.74. The zero-order valence-corrected chi connectivity index (χ0v) is 9.78. The molecule has 0 spiro atoms. The van der Waals surface area contributed by atoms with Crippen molar-refractivity contribution in [2.75, 3.05) is 6.61 Å². The van der Waals surface area contributed by atoms with Gasteiger partial charge in [-0.3, -0.25) is 4.79 Å². The Labute approximate surface area is 95.7 Å². The molecule has 3 heteroatoms. The van der Waals surface area contributed by atoms with E-state index in [1.54, 1.807) is 24.3 Å². The van der Waals surface area contributed by atoms with Crippen LogP contribution in [0.15, 0.2) is 24.3 Å². The Morgan fingerprint density at radius 2 is 1.88 bits per heavy atom. The first kappa shape index (κ1) is 12.3. The number of rotatable bonds is 3. The molecule has 0 N–H and O–H groups in total. The van der Waals surface area contributed by atoms with Crippen molar-refractivity contribution < 1.29 is 9.53 Å². The van der Waals surface area contributed by atoms with E-state index >= 15 is 0 Å². The van der Waals surface area contributed by atoms with Crippen molar-refractivity contribution in [1.29, 1.82) is 5.26 Å². The van der Waals surface area contributed by atoms with E-state index in [1.807, 2.05) is 26.8 Å². The zero-order chi connectivity index (χ0) is 12.2. The van der Waals surface area contributed by atoms with Crippen LogP contribution in [0.5, 0.6) is 5.75 Å². The van der Waals surface area contributed by atoms with E-state index in [-0.39, 0.29) is 17.8 Å². The SMILES string of the molecule is CC(C)(C)C(=O)c1ccc(OCC#N)cc1. The molecule has 0 fully saturated rings. The molecule has 0 unspecified atom stereocenters. The van der Waals surface area contributed by atoms with Gasteiger partial charge in [-0.15, -0.1) is 0 Å². The Balaban J connectivity index is 2.80. The van der Waals surface area contributed by atoms with Crippen LogP contribution in [-0.2, 0) is 0 Å². The number of benzene rings is 1. The summed E-state index contributed by atoms with van der Waals surface area (Å²) in [4.78, 5) is 11.9. The molecule has 0 aliphatic rings. The third-order valence-electron chi connectivity index (χ3n) is 2.10. The summed E-state index contributed by atoms with van der Waals surface area (Å²) >= 11 is 0. The lowest BCUT2D eigenvalue weighted by Crippen LogP contribution is -2.19. The van der Waals surface area contributed by atoms with Crippen molar-refractivity contribution in [3.8, 4) is 11.8 Å². The summed E-state index contributed by atoms with van der Waals surface area (Å²) < 4.78 is 5.10. The molecule has 1 aromatic carbocycles. The first-order chi connectivity index (χ1) is 7.45. The molecule has 0 radical (unpaired) electrons. The van der Waals surface area contributed by atoms with Gasteiger partial charge < -0.3 is 4.74 Å². The molecule has 1 rings (SSSR count). The standard InChI is InChI=1S/C13H15NO2/c1-13(2,3)12(15)10-4-6-11(7-5-10)16-9-8-14/h4-7H,9H2,1-3H3. The highest BCUT2D eigenvalue weighted by Crippen LogP contribution is 2.22. The largest absolute Gasteiger partial charge is 0.479 e. The van der Waals surface area contributed by atoms with Crippen molar-refractivity contribution in [3.05, 3.63) is 29.8 Å². The van der Waals surface area contributed by atoms with Crippen LogP contribution in [-0.4, -0.2) is 12.4 Å². The molecule has 0 aliphatic heterocycles. The van der Waals surface area contributed by atoms with Crippen LogP contribution in [0.2, 0.25) is 0 Å². The molecule has 0 amide bonds. The lowest BCUT2D eigenvalue weighted by molar-refractivity contribution is 0.0858. The lowest BCUT2D eigenvalue weighted by Gasteiger charge is -2.16. The minimum atomic E-state index is -0.380. The molecule has 0 saturated carbocycles. The minimum Gasteiger partial charge on any atom is -0.479 e. The Bertz CT molecular complexity index is 407. The molecule has 0 saturated heterocycles. The molecule has 3 nitrogen and oxygen atoms in total. The first-order valence-electron chi connectivity index (χ1n) is 5.10. The maximum Gasteiger partial charge on any atom is 0.174 e. The topological polar surface area (TPSA) is 50.1 Å². The highest BCUT2D eigenvalue weighted by Gasteiger charge is 2.22. The Kier molecular flexibility index (Phi) is 3.68. The van der Waals surface area contributed by atoms with Gasteiger partial charge in [-0.25, -0.2) is 0 Å². The number of nitriles is 1. The predicted molar refractivity (Wildman–Crippen MR) is 61.3 cm³/mol. The second kappa shape index (κ2) is 4.80. The maximum atomic E-state index is 11.9. The van der Waals surface area contributed by atoms with Gasteiger partial charge in [0, 0.05) is 11.0 Å². The molecule has 0 atom stereocenters. The van der Waals surface area contributed by atoms with Gasteiger partial charge in [0.1, 0.15) is 11.8 Å². The van der Waals surface area contributed by atoms with Gasteiger partial charge in [-0.2, -0.15) is 5.26 Å². The number of hydrogen-bond acceptors (Lipinski definition) is 3. The maximum absolute atomic E-state index is 11.9. The van der Waals surface area contributed by atoms with Crippen LogP contribution in [0.4, 0.5) is 0 Å². The van der Waals surface area contributed by atoms with Crippen LogP contribution >= 0.6 is 0 Å². The fourth-order valence-electron chi connectivity index (χ4n) is 1.25. The van der Waals surface area contributed by atoms with Gasteiger partial charge >= 0.3 is 0 Å². The molecule has 0 bridgehead atoms. The third kappa shape index (κ3) is 3.09. The molecule has 84 valence electrons. The number of hydrogen-bond donors (Lipinski definition) is 0. The Morgan fingerprint density at radius 3 is 2.31 bits per heavy atom. The Morgan fingerprint density at radius 1 is 1.31 bits per heavy atom. The second-order valence-electron chi connectivity index (χ2n) is 4.55. The predicted octanol–water partition coefficient (Wildman–Crippen LogP) is 2.82. The van der Waals surface area contributed by atoms with Gasteiger partial charge in [0.15, 0.2) is 12.4 Å². The molecule has 0 aliphatic carbocycles. The van der Waals surface area contributed by atoms with Crippen molar-refractivity contribution >= 4 is 5.78 Å². The van der Waals surface area contributed by atoms with Crippen LogP contribution in [0.25, 0.3) is 0 Å². The van der Waals surface area contributed by atoms with E-state index < -0.39 is 0 Å². The van der Waals surface area contributed by atoms with Gasteiger partial charge in [0.2, 0.25) is 0 Å². The highest BCUT2D eigenvalue weighted by molar-refractivity contribution is 5.99. The molecular formula is C13H15NO2. The smallest absolute Gasteiger partial charge is 0.174 e. The fourth-order valence-corrected chi connectivity index (χ4v) is 1.25. The molecule has 0 heterocycles. The van der Waals surface area contributed by atoms with E-state index in [1.165, 1.54) is 0 Å². The minimum absolute atomic E-state index is 0.0204. The summed E-state index contributed by atoms with van der Waals surface area (Å²) in [5.41, 5.74) is 0.284. The van der Waals surface area contributed by atoms with Crippen LogP contribution < -0.4 is 4.74 Å². The number of ether oxygens (including phenoxy) is 1. The van der Waals surface area contributed by atoms with E-state index in [9.17, 15) is 4.79 Å². The quantitative estimate of drug-likeness (QED) is 0.731. The fraction of sp³-hybridized carbons (Fsp3) is 0.385. The van der Waals surface area contributed by atoms with E-state index in [4.69, 9.17) is 10.00 Å². The molecule has 1 aromatic rings. The van der Waals surface area contributed by atoms with Gasteiger partial charge in [-0.05, 0) is 24.3 Å². The number of Topliss-reactive ketones (excluding diaryl/α,β-unsaturated/α-hetero) is 1. The van der Waals surface area contributed by atoms with Gasteiger partial charge in [0.25, 0.3) is 0 Å². The van der Waals surface area contributed by atoms with Crippen molar-refractivity contribution in [2.24, 2.45) is 5.41 Å². The molecule has 0 aromatic heterocycles. The highest BCUT2D eigenvalue weighted by atomic mass is 16.5. The Hall–Kier alpha value is -1.82. The summed E-state index contributed by atoms with van der Waals surface area (Å²) in [5.74, 6) is 0.700. The third-order valence-corrected chi connectivity index (χ3v) is 2.10. The van der Waals surface area contributed by atoms with E-state index in [0.29, 0.717) is 11.3 Å². The number of carbonyl (C=O) groups excluding carboxylic acids is 1. The normalized spacial score (nSPS) is 10.6. The zero-order valence-electron chi connectivity index (χ0n) is 9.78. The van der Waals surface area contributed by atoms with Crippen molar-refractivity contribution in [1.82, 2.24) is 0 Å². The van der Waals surface area contributed by atoms with E-state index in [0.717, 1.165) is 0 Å². The van der Waals surface area contributed by atoms with Crippen LogP contribution in [0, 0.1) is 16.7 Å². The number of carbonyl (C=O) groups is 1. The van der Waals surface area contributed by atoms with Gasteiger partial charge in [0.05, 0.1) is 0 Å². The molecule has 16 heavy (non-hydrogen) atoms. The van der Waals surface area contributed by atoms with Crippen LogP contribution in [0.1, 0.15) is 31.1 Å². The lowest BCUT2D eigenvalue weighted by atomic mass is 9.86. The summed E-state index contributed by atoms with van der Waals surface area (Å²) in [7, 11) is 0. The van der Waals surface area contributed by atoms with Crippen LogP contribution in [0.3, 0.4) is 0 Å². The second-order valence-corrected chi connectivity index (χ2v) is 4.55. The average Bonchev–Trinajstić information content (AvgIpc) is 2.25. The monoisotopic (exact) mass is 217 g/mol. The van der Waals surface area contributed by atoms with Crippen molar-refractivity contribution in [3.63, 3.8) is 0 Å².